The van der Waals surface area contributed by atoms with Crippen LogP contribution in [0.5, 0.6) is 6.01 Å². The number of sulfonamides is 1. The SMILES string of the molecule is COc1nc(CNS(=O)(=O)c2cn(C(C)C)cn2)nc(N2CCOCC2)n1. The van der Waals surface area contributed by atoms with Crippen LogP contribution in [0.25, 0.3) is 0 Å². The van der Waals surface area contributed by atoms with Crippen LogP contribution < -0.4 is 14.4 Å². The van der Waals surface area contributed by atoms with E-state index in [0.29, 0.717) is 32.3 Å². The maximum Gasteiger partial charge on any atom is 0.321 e. The second-order valence-corrected chi connectivity index (χ2v) is 7.93. The Labute approximate surface area is 157 Å². The van der Waals surface area contributed by atoms with Crippen LogP contribution in [-0.4, -0.2) is 66.3 Å². The van der Waals surface area contributed by atoms with Crippen LogP contribution >= 0.6 is 0 Å². The van der Waals surface area contributed by atoms with Gasteiger partial charge in [-0.3, -0.25) is 0 Å². The van der Waals surface area contributed by atoms with E-state index in [2.05, 4.69) is 24.7 Å². The molecule has 0 radical (unpaired) electrons. The molecular weight excluding hydrogens is 374 g/mol. The van der Waals surface area contributed by atoms with E-state index in [0.717, 1.165) is 0 Å². The number of morpholine rings is 1. The van der Waals surface area contributed by atoms with Gasteiger partial charge in [0, 0.05) is 25.3 Å². The zero-order chi connectivity index (χ0) is 19.4. The Kier molecular flexibility index (Phi) is 5.87. The van der Waals surface area contributed by atoms with Gasteiger partial charge in [-0.25, -0.2) is 18.1 Å². The fraction of sp³-hybridized carbons (Fsp3) is 0.600. The predicted octanol–water partition coefficient (Wildman–Crippen LogP) is -0.0273. The highest BCUT2D eigenvalue weighted by Crippen LogP contribution is 2.15. The molecule has 3 rings (SSSR count). The molecule has 0 amide bonds. The molecule has 0 aromatic carbocycles. The summed E-state index contributed by atoms with van der Waals surface area (Å²) in [6, 6.07) is 0.245. The van der Waals surface area contributed by atoms with Crippen LogP contribution in [0.15, 0.2) is 17.6 Å². The van der Waals surface area contributed by atoms with E-state index in [1.54, 1.807) is 4.57 Å². The third-order valence-electron chi connectivity index (χ3n) is 4.00. The van der Waals surface area contributed by atoms with E-state index >= 15 is 0 Å². The van der Waals surface area contributed by atoms with Crippen LogP contribution in [0.1, 0.15) is 25.7 Å². The van der Waals surface area contributed by atoms with Gasteiger partial charge in [-0.15, -0.1) is 0 Å². The molecule has 2 aromatic rings. The molecule has 0 spiro atoms. The topological polar surface area (TPSA) is 124 Å². The number of imidazole rings is 1. The summed E-state index contributed by atoms with van der Waals surface area (Å²) in [5, 5.41) is -0.0503. The van der Waals surface area contributed by atoms with Crippen molar-refractivity contribution in [2.45, 2.75) is 31.5 Å². The molecule has 0 atom stereocenters. The minimum atomic E-state index is -3.79. The lowest BCUT2D eigenvalue weighted by Gasteiger charge is -2.26. The van der Waals surface area contributed by atoms with Crippen molar-refractivity contribution in [3.8, 4) is 6.01 Å². The van der Waals surface area contributed by atoms with Gasteiger partial charge < -0.3 is 18.9 Å². The summed E-state index contributed by atoms with van der Waals surface area (Å²) < 4.78 is 39.6. The third-order valence-corrected chi connectivity index (χ3v) is 5.28. The molecule has 0 saturated carbocycles. The molecule has 0 aliphatic carbocycles. The van der Waals surface area contributed by atoms with Gasteiger partial charge >= 0.3 is 6.01 Å². The van der Waals surface area contributed by atoms with Crippen LogP contribution in [-0.2, 0) is 21.3 Å². The van der Waals surface area contributed by atoms with Gasteiger partial charge in [0.25, 0.3) is 10.0 Å². The highest BCUT2D eigenvalue weighted by molar-refractivity contribution is 7.89. The van der Waals surface area contributed by atoms with Crippen LogP contribution in [0.2, 0.25) is 0 Å². The maximum atomic E-state index is 12.5. The van der Waals surface area contributed by atoms with Crippen molar-refractivity contribution >= 4 is 16.0 Å². The lowest BCUT2D eigenvalue weighted by molar-refractivity contribution is 0.122. The quantitative estimate of drug-likeness (QED) is 0.686. The predicted molar refractivity (Wildman–Crippen MR) is 96.0 cm³/mol. The summed E-state index contributed by atoms with van der Waals surface area (Å²) in [4.78, 5) is 18.6. The molecule has 1 aliphatic rings. The number of hydrogen-bond donors (Lipinski definition) is 1. The van der Waals surface area contributed by atoms with Crippen molar-refractivity contribution in [2.24, 2.45) is 0 Å². The molecule has 1 aliphatic heterocycles. The van der Waals surface area contributed by atoms with Gasteiger partial charge in [-0.05, 0) is 13.8 Å². The normalized spacial score (nSPS) is 15.3. The number of anilines is 1. The Hall–Kier alpha value is -2.31. The molecular formula is C15H23N7O4S. The average molecular weight is 397 g/mol. The monoisotopic (exact) mass is 397 g/mol. The Bertz CT molecular complexity index is 878. The fourth-order valence-electron chi connectivity index (χ4n) is 2.43. The number of hydrogen-bond acceptors (Lipinski definition) is 9. The van der Waals surface area contributed by atoms with Gasteiger partial charge in [-0.1, -0.05) is 0 Å². The van der Waals surface area contributed by atoms with Crippen LogP contribution in [0.3, 0.4) is 0 Å². The van der Waals surface area contributed by atoms with E-state index < -0.39 is 10.0 Å². The standard InChI is InChI=1S/C15H23N7O4S/c1-11(2)22-9-13(16-10-22)27(23,24)17-8-12-18-14(20-15(19-12)25-3)21-4-6-26-7-5-21/h9-11,17H,4-8H2,1-3H3. The van der Waals surface area contributed by atoms with Crippen molar-refractivity contribution in [1.29, 1.82) is 0 Å². The van der Waals surface area contributed by atoms with Crippen molar-refractivity contribution in [3.63, 3.8) is 0 Å². The summed E-state index contributed by atoms with van der Waals surface area (Å²) in [6.45, 7) is 6.22. The summed E-state index contributed by atoms with van der Waals surface area (Å²) in [5.41, 5.74) is 0. The van der Waals surface area contributed by atoms with Crippen LogP contribution in [0.4, 0.5) is 5.95 Å². The van der Waals surface area contributed by atoms with E-state index in [4.69, 9.17) is 9.47 Å². The number of aromatic nitrogens is 5. The summed E-state index contributed by atoms with van der Waals surface area (Å²) in [7, 11) is -2.34. The summed E-state index contributed by atoms with van der Waals surface area (Å²) in [6.07, 6.45) is 2.97. The van der Waals surface area contributed by atoms with Crippen molar-refractivity contribution in [3.05, 3.63) is 18.3 Å². The second kappa shape index (κ2) is 8.15. The van der Waals surface area contributed by atoms with Gasteiger partial charge in [0.15, 0.2) is 10.9 Å². The molecule has 1 N–H and O–H groups in total. The lowest BCUT2D eigenvalue weighted by Crippen LogP contribution is -2.37. The Balaban J connectivity index is 1.75. The first-order valence-corrected chi connectivity index (χ1v) is 10.0. The molecule has 1 saturated heterocycles. The van der Waals surface area contributed by atoms with Gasteiger partial charge in [-0.2, -0.15) is 15.0 Å². The molecule has 12 heteroatoms. The zero-order valence-corrected chi connectivity index (χ0v) is 16.3. The highest BCUT2D eigenvalue weighted by Gasteiger charge is 2.20. The lowest BCUT2D eigenvalue weighted by atomic mass is 10.4. The second-order valence-electron chi connectivity index (χ2n) is 6.22. The van der Waals surface area contributed by atoms with Crippen molar-refractivity contribution < 1.29 is 17.9 Å². The van der Waals surface area contributed by atoms with Crippen molar-refractivity contribution in [2.75, 3.05) is 38.3 Å². The van der Waals surface area contributed by atoms with E-state index in [1.807, 2.05) is 18.7 Å². The smallest absolute Gasteiger partial charge is 0.321 e. The molecule has 148 valence electrons. The van der Waals surface area contributed by atoms with E-state index in [-0.39, 0.29) is 29.4 Å². The minimum absolute atomic E-state index is 0.0503. The van der Waals surface area contributed by atoms with E-state index in [1.165, 1.54) is 19.6 Å². The number of nitrogens with zero attached hydrogens (tertiary/aromatic N) is 6. The Morgan fingerprint density at radius 1 is 1.26 bits per heavy atom. The van der Waals surface area contributed by atoms with Crippen LogP contribution in [0, 0.1) is 0 Å². The molecule has 2 aromatic heterocycles. The number of rotatable bonds is 7. The molecule has 1 fully saturated rings. The van der Waals surface area contributed by atoms with Gasteiger partial charge in [0.2, 0.25) is 5.95 Å². The first kappa shape index (κ1) is 19.5. The van der Waals surface area contributed by atoms with Gasteiger partial charge in [0.05, 0.1) is 33.2 Å². The highest BCUT2D eigenvalue weighted by atomic mass is 32.2. The number of nitrogens with one attached hydrogen (secondary N) is 1. The first-order chi connectivity index (χ1) is 12.9. The molecule has 11 nitrogen and oxygen atoms in total. The van der Waals surface area contributed by atoms with Gasteiger partial charge in [0.1, 0.15) is 0 Å². The van der Waals surface area contributed by atoms with Crippen molar-refractivity contribution in [1.82, 2.24) is 29.2 Å². The number of methoxy groups -OCH3 is 1. The maximum absolute atomic E-state index is 12.5. The number of ether oxygens (including phenoxy) is 2. The molecule has 3 heterocycles. The Morgan fingerprint density at radius 3 is 2.63 bits per heavy atom. The minimum Gasteiger partial charge on any atom is -0.467 e. The fourth-order valence-corrected chi connectivity index (χ4v) is 3.35. The Morgan fingerprint density at radius 2 is 2.00 bits per heavy atom. The summed E-state index contributed by atoms with van der Waals surface area (Å²) >= 11 is 0. The molecule has 0 bridgehead atoms. The van der Waals surface area contributed by atoms with E-state index in [9.17, 15) is 8.42 Å². The summed E-state index contributed by atoms with van der Waals surface area (Å²) in [5.74, 6) is 0.693. The molecule has 0 unspecified atom stereocenters. The third kappa shape index (κ3) is 4.70. The average Bonchev–Trinajstić information content (AvgIpc) is 3.18. The first-order valence-electron chi connectivity index (χ1n) is 8.54. The largest absolute Gasteiger partial charge is 0.467 e. The zero-order valence-electron chi connectivity index (χ0n) is 15.5. The molecule has 27 heavy (non-hydrogen) atoms.